The molecule has 3 nitrogen and oxygen atoms in total. The molecular formula is C15H20FNO2. The lowest BCUT2D eigenvalue weighted by Gasteiger charge is -2.15. The first kappa shape index (κ1) is 14.2. The average Bonchev–Trinajstić information content (AvgIpc) is 2.85. The largest absolute Gasteiger partial charge is 0.384 e. The number of likely N-dealkylation sites (tertiary alicyclic amines) is 1. The smallest absolute Gasteiger partial charge is 0.164 e. The van der Waals surface area contributed by atoms with E-state index in [1.54, 1.807) is 19.2 Å². The molecule has 0 saturated carbocycles. The molecule has 2 rings (SSSR count). The van der Waals surface area contributed by atoms with E-state index in [2.05, 4.69) is 4.90 Å². The summed E-state index contributed by atoms with van der Waals surface area (Å²) in [6, 6.07) is 5.76. The van der Waals surface area contributed by atoms with E-state index < -0.39 is 0 Å². The van der Waals surface area contributed by atoms with Crippen LogP contribution in [0.3, 0.4) is 0 Å². The predicted octanol–water partition coefficient (Wildman–Crippen LogP) is 2.37. The molecule has 104 valence electrons. The third-order valence-corrected chi connectivity index (χ3v) is 3.59. The SMILES string of the molecule is COCC1CCN(CCC(=O)c2ccc(F)cc2)C1. The van der Waals surface area contributed by atoms with Crippen molar-refractivity contribution in [3.63, 3.8) is 0 Å². The van der Waals surface area contributed by atoms with Gasteiger partial charge in [-0.1, -0.05) is 0 Å². The Hall–Kier alpha value is -1.26. The Labute approximate surface area is 113 Å². The Balaban J connectivity index is 1.76. The van der Waals surface area contributed by atoms with Crippen LogP contribution in [0.2, 0.25) is 0 Å². The van der Waals surface area contributed by atoms with E-state index in [-0.39, 0.29) is 11.6 Å². The molecule has 1 aliphatic heterocycles. The van der Waals surface area contributed by atoms with E-state index in [0.717, 1.165) is 32.7 Å². The first-order valence-corrected chi connectivity index (χ1v) is 6.69. The number of benzene rings is 1. The van der Waals surface area contributed by atoms with Crippen LogP contribution >= 0.6 is 0 Å². The van der Waals surface area contributed by atoms with Crippen molar-refractivity contribution in [2.45, 2.75) is 12.8 Å². The lowest BCUT2D eigenvalue weighted by molar-refractivity contribution is 0.0966. The van der Waals surface area contributed by atoms with Crippen molar-refractivity contribution in [1.29, 1.82) is 0 Å². The van der Waals surface area contributed by atoms with Gasteiger partial charge < -0.3 is 9.64 Å². The lowest BCUT2D eigenvalue weighted by atomic mass is 10.1. The van der Waals surface area contributed by atoms with Crippen LogP contribution in [0.5, 0.6) is 0 Å². The Bertz CT molecular complexity index is 419. The molecule has 0 aliphatic carbocycles. The van der Waals surface area contributed by atoms with Crippen LogP contribution in [0.15, 0.2) is 24.3 Å². The van der Waals surface area contributed by atoms with Gasteiger partial charge in [-0.05, 0) is 43.1 Å². The molecule has 0 spiro atoms. The number of hydrogen-bond acceptors (Lipinski definition) is 3. The van der Waals surface area contributed by atoms with Crippen LogP contribution in [0.1, 0.15) is 23.2 Å². The van der Waals surface area contributed by atoms with Crippen molar-refractivity contribution in [3.05, 3.63) is 35.6 Å². The Morgan fingerprint density at radius 2 is 2.16 bits per heavy atom. The van der Waals surface area contributed by atoms with Gasteiger partial charge in [0, 0.05) is 32.2 Å². The minimum atomic E-state index is -0.307. The Morgan fingerprint density at radius 3 is 2.84 bits per heavy atom. The molecule has 1 aromatic carbocycles. The number of rotatable bonds is 6. The van der Waals surface area contributed by atoms with Crippen LogP contribution < -0.4 is 0 Å². The van der Waals surface area contributed by atoms with Crippen molar-refractivity contribution in [2.75, 3.05) is 33.4 Å². The second-order valence-corrected chi connectivity index (χ2v) is 5.09. The zero-order valence-corrected chi connectivity index (χ0v) is 11.3. The summed E-state index contributed by atoms with van der Waals surface area (Å²) in [6.07, 6.45) is 1.63. The number of Topliss-reactive ketones (excluding diaryl/α,β-unsaturated/α-hetero) is 1. The van der Waals surface area contributed by atoms with Crippen molar-refractivity contribution in [1.82, 2.24) is 4.90 Å². The van der Waals surface area contributed by atoms with Crippen molar-refractivity contribution in [3.8, 4) is 0 Å². The lowest BCUT2D eigenvalue weighted by Crippen LogP contribution is -2.24. The van der Waals surface area contributed by atoms with Gasteiger partial charge in [0.05, 0.1) is 6.61 Å². The Kier molecular flexibility index (Phi) is 5.05. The van der Waals surface area contributed by atoms with Gasteiger partial charge in [0.1, 0.15) is 5.82 Å². The molecule has 1 aliphatic rings. The summed E-state index contributed by atoms with van der Waals surface area (Å²) in [5, 5.41) is 0. The summed E-state index contributed by atoms with van der Waals surface area (Å²) in [7, 11) is 1.72. The molecule has 0 radical (unpaired) electrons. The van der Waals surface area contributed by atoms with Crippen LogP contribution in [-0.2, 0) is 4.74 Å². The van der Waals surface area contributed by atoms with Crippen LogP contribution in [-0.4, -0.2) is 44.0 Å². The summed E-state index contributed by atoms with van der Waals surface area (Å²) in [4.78, 5) is 14.2. The summed E-state index contributed by atoms with van der Waals surface area (Å²) in [5.74, 6) is 0.361. The number of carbonyl (C=O) groups excluding carboxylic acids is 1. The average molecular weight is 265 g/mol. The first-order chi connectivity index (χ1) is 9.19. The van der Waals surface area contributed by atoms with E-state index in [4.69, 9.17) is 4.74 Å². The van der Waals surface area contributed by atoms with Crippen molar-refractivity contribution >= 4 is 5.78 Å². The van der Waals surface area contributed by atoms with Crippen molar-refractivity contribution in [2.24, 2.45) is 5.92 Å². The number of methoxy groups -OCH3 is 1. The van der Waals surface area contributed by atoms with Crippen LogP contribution in [0, 0.1) is 11.7 Å². The molecule has 0 amide bonds. The van der Waals surface area contributed by atoms with E-state index in [1.165, 1.54) is 12.1 Å². The molecule has 1 heterocycles. The molecule has 1 fully saturated rings. The number of carbonyl (C=O) groups is 1. The molecule has 4 heteroatoms. The molecule has 1 atom stereocenters. The van der Waals surface area contributed by atoms with E-state index in [9.17, 15) is 9.18 Å². The van der Waals surface area contributed by atoms with Gasteiger partial charge in [-0.25, -0.2) is 4.39 Å². The third kappa shape index (κ3) is 4.11. The normalized spacial score (nSPS) is 19.8. The second kappa shape index (κ2) is 6.78. The number of halogens is 1. The molecule has 0 bridgehead atoms. The van der Waals surface area contributed by atoms with Gasteiger partial charge in [0.2, 0.25) is 0 Å². The van der Waals surface area contributed by atoms with Gasteiger partial charge in [-0.3, -0.25) is 4.79 Å². The van der Waals surface area contributed by atoms with Gasteiger partial charge in [-0.15, -0.1) is 0 Å². The zero-order chi connectivity index (χ0) is 13.7. The van der Waals surface area contributed by atoms with E-state index in [0.29, 0.717) is 17.9 Å². The molecule has 1 saturated heterocycles. The number of ketones is 1. The third-order valence-electron chi connectivity index (χ3n) is 3.59. The van der Waals surface area contributed by atoms with Crippen molar-refractivity contribution < 1.29 is 13.9 Å². The van der Waals surface area contributed by atoms with Gasteiger partial charge >= 0.3 is 0 Å². The summed E-state index contributed by atoms with van der Waals surface area (Å²) in [6.45, 7) is 3.61. The number of hydrogen-bond donors (Lipinski definition) is 0. The van der Waals surface area contributed by atoms with E-state index >= 15 is 0 Å². The quantitative estimate of drug-likeness (QED) is 0.740. The monoisotopic (exact) mass is 265 g/mol. The maximum atomic E-state index is 12.8. The fraction of sp³-hybridized carbons (Fsp3) is 0.533. The van der Waals surface area contributed by atoms with Crippen LogP contribution in [0.4, 0.5) is 4.39 Å². The minimum Gasteiger partial charge on any atom is -0.384 e. The van der Waals surface area contributed by atoms with Gasteiger partial charge in [-0.2, -0.15) is 0 Å². The molecule has 19 heavy (non-hydrogen) atoms. The highest BCUT2D eigenvalue weighted by Crippen LogP contribution is 2.17. The highest BCUT2D eigenvalue weighted by atomic mass is 19.1. The summed E-state index contributed by atoms with van der Waals surface area (Å²) in [5.41, 5.74) is 0.592. The standard InChI is InChI=1S/C15H20FNO2/c1-19-11-12-6-8-17(10-12)9-7-15(18)13-2-4-14(16)5-3-13/h2-5,12H,6-11H2,1H3. The second-order valence-electron chi connectivity index (χ2n) is 5.09. The Morgan fingerprint density at radius 1 is 1.42 bits per heavy atom. The first-order valence-electron chi connectivity index (χ1n) is 6.69. The molecular weight excluding hydrogens is 245 g/mol. The van der Waals surface area contributed by atoms with Gasteiger partial charge in [0.15, 0.2) is 5.78 Å². The molecule has 1 aromatic rings. The number of ether oxygens (including phenoxy) is 1. The maximum Gasteiger partial charge on any atom is 0.164 e. The summed E-state index contributed by atoms with van der Waals surface area (Å²) < 4.78 is 17.9. The van der Waals surface area contributed by atoms with Gasteiger partial charge in [0.25, 0.3) is 0 Å². The highest BCUT2D eigenvalue weighted by molar-refractivity contribution is 5.96. The fourth-order valence-corrected chi connectivity index (χ4v) is 2.53. The highest BCUT2D eigenvalue weighted by Gasteiger charge is 2.22. The predicted molar refractivity (Wildman–Crippen MR) is 71.8 cm³/mol. The van der Waals surface area contributed by atoms with Crippen LogP contribution in [0.25, 0.3) is 0 Å². The summed E-state index contributed by atoms with van der Waals surface area (Å²) >= 11 is 0. The minimum absolute atomic E-state index is 0.0789. The molecule has 0 N–H and O–H groups in total. The molecule has 1 unspecified atom stereocenters. The maximum absolute atomic E-state index is 12.8. The number of nitrogens with zero attached hydrogens (tertiary/aromatic N) is 1. The molecule has 0 aromatic heterocycles. The zero-order valence-electron chi connectivity index (χ0n) is 11.3. The van der Waals surface area contributed by atoms with E-state index in [1.807, 2.05) is 0 Å². The topological polar surface area (TPSA) is 29.5 Å². The fourth-order valence-electron chi connectivity index (χ4n) is 2.53.